The highest BCUT2D eigenvalue weighted by Crippen LogP contribution is 2.28. The lowest BCUT2D eigenvalue weighted by atomic mass is 10.0. The number of methoxy groups -OCH3 is 2. The van der Waals surface area contributed by atoms with Gasteiger partial charge in [0.25, 0.3) is 0 Å². The Hall–Kier alpha value is -3.03. The van der Waals surface area contributed by atoms with Crippen LogP contribution in [0.15, 0.2) is 48.8 Å². The molecule has 4 rings (SSSR count). The van der Waals surface area contributed by atoms with Gasteiger partial charge in [-0.15, -0.1) is 0 Å². The predicted molar refractivity (Wildman–Crippen MR) is 116 cm³/mol. The van der Waals surface area contributed by atoms with E-state index in [4.69, 9.17) is 19.4 Å². The molecule has 0 saturated carbocycles. The Kier molecular flexibility index (Phi) is 6.51. The summed E-state index contributed by atoms with van der Waals surface area (Å²) in [5, 5.41) is 3.44. The lowest BCUT2D eigenvalue weighted by Gasteiger charge is -2.29. The molecule has 7 nitrogen and oxygen atoms in total. The van der Waals surface area contributed by atoms with Crippen molar-refractivity contribution in [1.29, 1.82) is 0 Å². The minimum Gasteiger partial charge on any atom is -0.497 e. The number of aromatic nitrogens is 3. The number of fused-ring (bicyclic) bond motifs is 1. The Balaban J connectivity index is 1.58. The molecule has 3 aromatic rings. The summed E-state index contributed by atoms with van der Waals surface area (Å²) in [7, 11) is 3.39. The average molecular weight is 406 g/mol. The Morgan fingerprint density at radius 3 is 2.57 bits per heavy atom. The fourth-order valence-electron chi connectivity index (χ4n) is 3.66. The van der Waals surface area contributed by atoms with Crippen LogP contribution in [0.5, 0.6) is 5.75 Å². The van der Waals surface area contributed by atoms with Gasteiger partial charge in [-0.05, 0) is 36.2 Å². The van der Waals surface area contributed by atoms with E-state index in [1.165, 1.54) is 11.1 Å². The molecule has 156 valence electrons. The number of benzene rings is 1. The zero-order valence-corrected chi connectivity index (χ0v) is 17.5. The number of hydrogen-bond donors (Lipinski definition) is 1. The second-order valence-electron chi connectivity index (χ2n) is 7.29. The van der Waals surface area contributed by atoms with Crippen LogP contribution in [0.2, 0.25) is 0 Å². The van der Waals surface area contributed by atoms with Gasteiger partial charge in [0.05, 0.1) is 19.4 Å². The minimum absolute atomic E-state index is 0.632. The van der Waals surface area contributed by atoms with Gasteiger partial charge in [-0.3, -0.25) is 9.88 Å². The molecule has 3 heterocycles. The maximum atomic E-state index is 5.26. The van der Waals surface area contributed by atoms with Crippen molar-refractivity contribution < 1.29 is 9.47 Å². The van der Waals surface area contributed by atoms with Crippen molar-refractivity contribution in [2.24, 2.45) is 0 Å². The number of anilines is 1. The zero-order valence-electron chi connectivity index (χ0n) is 17.5. The number of pyridine rings is 1. The van der Waals surface area contributed by atoms with Crippen molar-refractivity contribution in [3.8, 4) is 17.1 Å². The number of nitrogens with one attached hydrogen (secondary N) is 1. The van der Waals surface area contributed by atoms with E-state index >= 15 is 0 Å². The molecule has 0 aliphatic carbocycles. The van der Waals surface area contributed by atoms with E-state index in [0.29, 0.717) is 13.2 Å². The van der Waals surface area contributed by atoms with Gasteiger partial charge < -0.3 is 14.8 Å². The van der Waals surface area contributed by atoms with Gasteiger partial charge in [-0.2, -0.15) is 0 Å². The van der Waals surface area contributed by atoms with Crippen LogP contribution < -0.4 is 10.1 Å². The Bertz CT molecular complexity index is 963. The topological polar surface area (TPSA) is 72.4 Å². The molecule has 1 N–H and O–H groups in total. The normalized spacial score (nSPS) is 13.7. The first-order valence-corrected chi connectivity index (χ1v) is 10.1. The fraction of sp³-hybridized carbons (Fsp3) is 0.348. The third kappa shape index (κ3) is 4.75. The van der Waals surface area contributed by atoms with Crippen molar-refractivity contribution in [3.63, 3.8) is 0 Å². The van der Waals surface area contributed by atoms with E-state index in [1.54, 1.807) is 26.6 Å². The first kappa shape index (κ1) is 20.3. The summed E-state index contributed by atoms with van der Waals surface area (Å²) < 4.78 is 10.5. The van der Waals surface area contributed by atoms with Crippen molar-refractivity contribution in [2.75, 3.05) is 39.2 Å². The quantitative estimate of drug-likeness (QED) is 0.577. The second kappa shape index (κ2) is 9.65. The van der Waals surface area contributed by atoms with Gasteiger partial charge in [0.1, 0.15) is 11.6 Å². The van der Waals surface area contributed by atoms with Gasteiger partial charge in [0.15, 0.2) is 5.82 Å². The van der Waals surface area contributed by atoms with E-state index in [-0.39, 0.29) is 0 Å². The zero-order chi connectivity index (χ0) is 20.8. The largest absolute Gasteiger partial charge is 0.497 e. The molecule has 0 bridgehead atoms. The first-order chi connectivity index (χ1) is 14.8. The van der Waals surface area contributed by atoms with Gasteiger partial charge in [-0.1, -0.05) is 12.1 Å². The van der Waals surface area contributed by atoms with E-state index < -0.39 is 0 Å². The van der Waals surface area contributed by atoms with Crippen molar-refractivity contribution in [2.45, 2.75) is 19.5 Å². The molecule has 30 heavy (non-hydrogen) atoms. The molecule has 1 aromatic carbocycles. The fourth-order valence-corrected chi connectivity index (χ4v) is 3.66. The van der Waals surface area contributed by atoms with E-state index in [2.05, 4.69) is 27.3 Å². The van der Waals surface area contributed by atoms with Crippen LogP contribution >= 0.6 is 0 Å². The molecule has 0 fully saturated rings. The maximum absolute atomic E-state index is 5.26. The van der Waals surface area contributed by atoms with Gasteiger partial charge in [0, 0.05) is 56.8 Å². The number of ether oxygens (including phenoxy) is 2. The molecular formula is C23H27N5O2. The van der Waals surface area contributed by atoms with Crippen molar-refractivity contribution >= 4 is 5.82 Å². The van der Waals surface area contributed by atoms with E-state index in [9.17, 15) is 0 Å². The third-order valence-corrected chi connectivity index (χ3v) is 5.25. The SMILES string of the molecule is COCCNc1nc(-c2ccncc2)nc2c1CCN(Cc1ccc(OC)cc1)C2. The highest BCUT2D eigenvalue weighted by molar-refractivity contribution is 5.59. The Morgan fingerprint density at radius 2 is 1.83 bits per heavy atom. The van der Waals surface area contributed by atoms with Crippen LogP contribution in [-0.4, -0.2) is 53.8 Å². The lowest BCUT2D eigenvalue weighted by Crippen LogP contribution is -2.32. The number of hydrogen-bond acceptors (Lipinski definition) is 7. The summed E-state index contributed by atoms with van der Waals surface area (Å²) in [6.07, 6.45) is 4.45. The Labute approximate surface area is 177 Å². The monoisotopic (exact) mass is 405 g/mol. The molecule has 0 unspecified atom stereocenters. The second-order valence-corrected chi connectivity index (χ2v) is 7.29. The number of nitrogens with zero attached hydrogens (tertiary/aromatic N) is 4. The third-order valence-electron chi connectivity index (χ3n) is 5.25. The van der Waals surface area contributed by atoms with Gasteiger partial charge in [-0.25, -0.2) is 9.97 Å². The maximum Gasteiger partial charge on any atom is 0.161 e. The average Bonchev–Trinajstić information content (AvgIpc) is 2.80. The van der Waals surface area contributed by atoms with Gasteiger partial charge >= 0.3 is 0 Å². The minimum atomic E-state index is 0.632. The van der Waals surface area contributed by atoms with Crippen LogP contribution in [0, 0.1) is 0 Å². The summed E-state index contributed by atoms with van der Waals surface area (Å²) >= 11 is 0. The molecule has 7 heteroatoms. The highest BCUT2D eigenvalue weighted by Gasteiger charge is 2.23. The number of rotatable bonds is 8. The lowest BCUT2D eigenvalue weighted by molar-refractivity contribution is 0.210. The highest BCUT2D eigenvalue weighted by atomic mass is 16.5. The Morgan fingerprint density at radius 1 is 1.03 bits per heavy atom. The summed E-state index contributed by atoms with van der Waals surface area (Å²) in [6, 6.07) is 12.1. The molecule has 0 spiro atoms. The molecule has 1 aliphatic rings. The predicted octanol–water partition coefficient (Wildman–Crippen LogP) is 3.16. The van der Waals surface area contributed by atoms with Crippen molar-refractivity contribution in [3.05, 3.63) is 65.6 Å². The molecule has 2 aromatic heterocycles. The molecule has 0 atom stereocenters. The standard InChI is InChI=1S/C23H27N5O2/c1-29-14-12-25-23-20-9-13-28(15-17-3-5-19(30-2)6-4-17)16-21(20)26-22(27-23)18-7-10-24-11-8-18/h3-8,10-11H,9,12-16H2,1-2H3,(H,25,26,27). The van der Waals surface area contributed by atoms with Crippen LogP contribution in [0.3, 0.4) is 0 Å². The molecule has 0 amide bonds. The van der Waals surface area contributed by atoms with Crippen LogP contribution in [0.1, 0.15) is 16.8 Å². The van der Waals surface area contributed by atoms with Crippen LogP contribution in [0.4, 0.5) is 5.82 Å². The summed E-state index contributed by atoms with van der Waals surface area (Å²) in [4.78, 5) is 16.3. The van der Waals surface area contributed by atoms with Gasteiger partial charge in [0.2, 0.25) is 0 Å². The molecular weight excluding hydrogens is 378 g/mol. The summed E-state index contributed by atoms with van der Waals surface area (Å²) in [5.74, 6) is 2.51. The van der Waals surface area contributed by atoms with Crippen LogP contribution in [-0.2, 0) is 24.2 Å². The molecule has 1 aliphatic heterocycles. The van der Waals surface area contributed by atoms with Crippen molar-refractivity contribution in [1.82, 2.24) is 19.9 Å². The summed E-state index contributed by atoms with van der Waals surface area (Å²) in [6.45, 7) is 3.99. The summed E-state index contributed by atoms with van der Waals surface area (Å²) in [5.41, 5.74) is 4.52. The van der Waals surface area contributed by atoms with E-state index in [0.717, 1.165) is 54.7 Å². The smallest absolute Gasteiger partial charge is 0.161 e. The molecule has 0 saturated heterocycles. The van der Waals surface area contributed by atoms with E-state index in [1.807, 2.05) is 24.3 Å². The van der Waals surface area contributed by atoms with Crippen LogP contribution in [0.25, 0.3) is 11.4 Å². The first-order valence-electron chi connectivity index (χ1n) is 10.1. The molecule has 0 radical (unpaired) electrons.